The summed E-state index contributed by atoms with van der Waals surface area (Å²) in [5.41, 5.74) is 1.06. The normalized spacial score (nSPS) is 10.3. The molecule has 0 bridgehead atoms. The number of rotatable bonds is 8. The molecule has 5 heteroatoms. The summed E-state index contributed by atoms with van der Waals surface area (Å²) in [6.45, 7) is 1.13. The van der Waals surface area contributed by atoms with Gasteiger partial charge in [-0.15, -0.1) is 0 Å². The lowest BCUT2D eigenvalue weighted by atomic mass is 10.1. The Hall–Kier alpha value is -3.21. The maximum Gasteiger partial charge on any atom is 0.258 e. The lowest BCUT2D eigenvalue weighted by Gasteiger charge is -2.11. The minimum Gasteiger partial charge on any atom is -0.497 e. The van der Waals surface area contributed by atoms with Crippen molar-refractivity contribution < 1.29 is 14.3 Å². The molecule has 2 N–H and O–H groups in total. The van der Waals surface area contributed by atoms with E-state index in [2.05, 4.69) is 28.8 Å². The average molecular weight is 350 g/mol. The molecule has 3 aromatic rings. The molecule has 5 nitrogen and oxygen atoms in total. The molecule has 0 aliphatic rings. The lowest BCUT2D eigenvalue weighted by molar-refractivity contribution is -0.123. The molecule has 0 fully saturated rings. The van der Waals surface area contributed by atoms with Gasteiger partial charge < -0.3 is 20.1 Å². The molecular formula is C21H22N2O3. The predicted molar refractivity (Wildman–Crippen MR) is 104 cm³/mol. The van der Waals surface area contributed by atoms with E-state index in [1.54, 1.807) is 19.2 Å². The molecule has 0 spiro atoms. The van der Waals surface area contributed by atoms with Crippen LogP contribution in [-0.2, 0) is 4.79 Å². The third-order valence-corrected chi connectivity index (χ3v) is 3.96. The molecule has 0 aliphatic heterocycles. The van der Waals surface area contributed by atoms with Crippen molar-refractivity contribution in [2.24, 2.45) is 0 Å². The Bertz CT molecular complexity index is 875. The minimum atomic E-state index is -0.160. The number of fused-ring (bicyclic) bond motifs is 1. The van der Waals surface area contributed by atoms with Crippen molar-refractivity contribution in [1.82, 2.24) is 5.32 Å². The number of methoxy groups -OCH3 is 1. The van der Waals surface area contributed by atoms with Crippen molar-refractivity contribution in [3.05, 3.63) is 66.7 Å². The zero-order valence-electron chi connectivity index (χ0n) is 14.7. The summed E-state index contributed by atoms with van der Waals surface area (Å²) in [5, 5.41) is 8.56. The summed E-state index contributed by atoms with van der Waals surface area (Å²) < 4.78 is 10.6. The fourth-order valence-corrected chi connectivity index (χ4v) is 2.67. The predicted octanol–water partition coefficient (Wildman–Crippen LogP) is 3.46. The first-order chi connectivity index (χ1) is 12.8. The number of carbonyl (C=O) groups excluding carboxylic acids is 1. The van der Waals surface area contributed by atoms with E-state index < -0.39 is 0 Å². The average Bonchev–Trinajstić information content (AvgIpc) is 2.70. The molecule has 1 amide bonds. The fraction of sp³-hybridized carbons (Fsp3) is 0.190. The molecule has 0 heterocycles. The molecule has 26 heavy (non-hydrogen) atoms. The van der Waals surface area contributed by atoms with E-state index in [4.69, 9.17) is 9.47 Å². The van der Waals surface area contributed by atoms with Crippen LogP contribution in [0.15, 0.2) is 66.7 Å². The number of anilines is 1. The molecule has 0 aromatic heterocycles. The smallest absolute Gasteiger partial charge is 0.258 e. The molecule has 0 saturated heterocycles. The Labute approximate surface area is 152 Å². The summed E-state index contributed by atoms with van der Waals surface area (Å²) >= 11 is 0. The van der Waals surface area contributed by atoms with Crippen LogP contribution in [0.4, 0.5) is 5.69 Å². The zero-order valence-corrected chi connectivity index (χ0v) is 14.7. The van der Waals surface area contributed by atoms with Gasteiger partial charge in [0.1, 0.15) is 11.5 Å². The van der Waals surface area contributed by atoms with E-state index in [1.807, 2.05) is 36.4 Å². The number of amides is 1. The van der Waals surface area contributed by atoms with Crippen LogP contribution in [0.2, 0.25) is 0 Å². The van der Waals surface area contributed by atoms with Gasteiger partial charge in [0.25, 0.3) is 5.91 Å². The van der Waals surface area contributed by atoms with Crippen molar-refractivity contribution in [3.8, 4) is 11.5 Å². The highest BCUT2D eigenvalue weighted by molar-refractivity contribution is 5.93. The highest BCUT2D eigenvalue weighted by Crippen LogP contribution is 2.22. The van der Waals surface area contributed by atoms with E-state index in [1.165, 1.54) is 10.8 Å². The maximum absolute atomic E-state index is 11.9. The molecule has 3 rings (SSSR count). The van der Waals surface area contributed by atoms with Gasteiger partial charge in [-0.3, -0.25) is 4.79 Å². The van der Waals surface area contributed by atoms with Crippen molar-refractivity contribution in [3.63, 3.8) is 0 Å². The summed E-state index contributed by atoms with van der Waals surface area (Å²) in [6, 6.07) is 21.5. The standard InChI is InChI=1S/C21H22N2O3/c1-25-17-8-5-9-18(14-17)26-15-21(24)23-13-12-22-20-11-4-7-16-6-2-3-10-19(16)20/h2-11,14,22H,12-13,15H2,1H3,(H,23,24). The molecule has 0 aliphatic carbocycles. The molecule has 0 saturated carbocycles. The van der Waals surface area contributed by atoms with Gasteiger partial charge >= 0.3 is 0 Å². The number of carbonyl (C=O) groups is 1. The van der Waals surface area contributed by atoms with Crippen LogP contribution in [0, 0.1) is 0 Å². The second-order valence-corrected chi connectivity index (χ2v) is 5.77. The Kier molecular flexibility index (Phi) is 5.93. The van der Waals surface area contributed by atoms with Crippen LogP contribution in [0.5, 0.6) is 11.5 Å². The third kappa shape index (κ3) is 4.66. The van der Waals surface area contributed by atoms with Gasteiger partial charge in [-0.25, -0.2) is 0 Å². The van der Waals surface area contributed by atoms with E-state index >= 15 is 0 Å². The second-order valence-electron chi connectivity index (χ2n) is 5.77. The van der Waals surface area contributed by atoms with Crippen molar-refractivity contribution >= 4 is 22.4 Å². The van der Waals surface area contributed by atoms with Gasteiger partial charge in [0.15, 0.2) is 6.61 Å². The zero-order chi connectivity index (χ0) is 18.2. The SMILES string of the molecule is COc1cccc(OCC(=O)NCCNc2cccc3ccccc23)c1. The van der Waals surface area contributed by atoms with E-state index in [0.29, 0.717) is 24.6 Å². The quantitative estimate of drug-likeness (QED) is 0.611. The van der Waals surface area contributed by atoms with E-state index in [9.17, 15) is 4.79 Å². The molecule has 0 atom stereocenters. The second kappa shape index (κ2) is 8.76. The van der Waals surface area contributed by atoms with Gasteiger partial charge in [-0.1, -0.05) is 42.5 Å². The van der Waals surface area contributed by atoms with Gasteiger partial charge in [0, 0.05) is 30.2 Å². The van der Waals surface area contributed by atoms with Gasteiger partial charge in [-0.05, 0) is 23.6 Å². The van der Waals surface area contributed by atoms with Crippen LogP contribution in [0.1, 0.15) is 0 Å². The Morgan fingerprint density at radius 3 is 2.58 bits per heavy atom. The van der Waals surface area contributed by atoms with Crippen LogP contribution in [0.3, 0.4) is 0 Å². The molecule has 0 unspecified atom stereocenters. The van der Waals surface area contributed by atoms with Crippen molar-refractivity contribution in [1.29, 1.82) is 0 Å². The van der Waals surface area contributed by atoms with Crippen LogP contribution in [-0.4, -0.2) is 32.7 Å². The Morgan fingerprint density at radius 1 is 0.923 bits per heavy atom. The lowest BCUT2D eigenvalue weighted by Crippen LogP contribution is -2.32. The molecule has 134 valence electrons. The molecule has 3 aromatic carbocycles. The van der Waals surface area contributed by atoms with Crippen LogP contribution in [0.25, 0.3) is 10.8 Å². The number of hydrogen-bond donors (Lipinski definition) is 2. The van der Waals surface area contributed by atoms with E-state index in [-0.39, 0.29) is 12.5 Å². The summed E-state index contributed by atoms with van der Waals surface area (Å²) in [6.07, 6.45) is 0. The Balaban J connectivity index is 1.42. The highest BCUT2D eigenvalue weighted by atomic mass is 16.5. The number of nitrogens with one attached hydrogen (secondary N) is 2. The first-order valence-electron chi connectivity index (χ1n) is 8.51. The van der Waals surface area contributed by atoms with Gasteiger partial charge in [-0.2, -0.15) is 0 Å². The van der Waals surface area contributed by atoms with Crippen LogP contribution < -0.4 is 20.1 Å². The number of hydrogen-bond acceptors (Lipinski definition) is 4. The first kappa shape index (κ1) is 17.6. The summed E-state index contributed by atoms with van der Waals surface area (Å²) in [7, 11) is 1.59. The topological polar surface area (TPSA) is 59.6 Å². The van der Waals surface area contributed by atoms with Crippen molar-refractivity contribution in [2.75, 3.05) is 32.1 Å². The van der Waals surface area contributed by atoms with Gasteiger partial charge in [0.2, 0.25) is 0 Å². The van der Waals surface area contributed by atoms with E-state index in [0.717, 1.165) is 5.69 Å². The first-order valence-corrected chi connectivity index (χ1v) is 8.51. The number of benzene rings is 3. The maximum atomic E-state index is 11.9. The molecule has 0 radical (unpaired) electrons. The Morgan fingerprint density at radius 2 is 1.69 bits per heavy atom. The van der Waals surface area contributed by atoms with Crippen LogP contribution >= 0.6 is 0 Å². The molecular weight excluding hydrogens is 328 g/mol. The summed E-state index contributed by atoms with van der Waals surface area (Å²) in [4.78, 5) is 11.9. The van der Waals surface area contributed by atoms with Gasteiger partial charge in [0.05, 0.1) is 7.11 Å². The van der Waals surface area contributed by atoms with Crippen molar-refractivity contribution in [2.45, 2.75) is 0 Å². The largest absolute Gasteiger partial charge is 0.497 e. The fourth-order valence-electron chi connectivity index (χ4n) is 2.67. The third-order valence-electron chi connectivity index (χ3n) is 3.96. The highest BCUT2D eigenvalue weighted by Gasteiger charge is 2.04. The number of ether oxygens (including phenoxy) is 2. The summed E-state index contributed by atoms with van der Waals surface area (Å²) in [5.74, 6) is 1.14. The monoisotopic (exact) mass is 350 g/mol. The minimum absolute atomic E-state index is 0.0264.